The molecular formula is C13H13FN4O2. The van der Waals surface area contributed by atoms with Crippen LogP contribution in [-0.2, 0) is 6.42 Å². The van der Waals surface area contributed by atoms with E-state index in [9.17, 15) is 14.0 Å². The molecule has 1 amide bonds. The van der Waals surface area contributed by atoms with Gasteiger partial charge >= 0.3 is 5.69 Å². The molecule has 6 nitrogen and oxygen atoms in total. The predicted octanol–water partition coefficient (Wildman–Crippen LogP) is 0.997. The summed E-state index contributed by atoms with van der Waals surface area (Å²) in [5.41, 5.74) is 1.32. The molecule has 2 aromatic rings. The molecule has 2 N–H and O–H groups in total. The topological polar surface area (TPSA) is 81.8 Å². The Hall–Kier alpha value is -2.44. The van der Waals surface area contributed by atoms with Crippen LogP contribution in [0.25, 0.3) is 0 Å². The minimum Gasteiger partial charge on any atom is -0.329 e. The summed E-state index contributed by atoms with van der Waals surface area (Å²) in [5.74, 6) is -0.620. The molecule has 3 rings (SSSR count). The van der Waals surface area contributed by atoms with Gasteiger partial charge in [0, 0.05) is 6.54 Å². The number of amides is 1. The average Bonchev–Trinajstić information content (AvgIpc) is 2.85. The van der Waals surface area contributed by atoms with Gasteiger partial charge in [0.1, 0.15) is 5.82 Å². The largest absolute Gasteiger partial charge is 0.341 e. The summed E-state index contributed by atoms with van der Waals surface area (Å²) in [7, 11) is 0. The van der Waals surface area contributed by atoms with Crippen molar-refractivity contribution in [2.75, 3.05) is 6.54 Å². The third-order valence-corrected chi connectivity index (χ3v) is 3.61. The molecule has 0 aliphatic carbocycles. The normalized spacial score (nSPS) is 17.9. The summed E-state index contributed by atoms with van der Waals surface area (Å²) in [5, 5.41) is 5.82. The summed E-state index contributed by atoms with van der Waals surface area (Å²) < 4.78 is 13.2. The van der Waals surface area contributed by atoms with Crippen LogP contribution in [0.3, 0.4) is 0 Å². The maximum Gasteiger partial charge on any atom is 0.341 e. The van der Waals surface area contributed by atoms with Crippen molar-refractivity contribution in [3.05, 3.63) is 51.5 Å². The number of carbonyl (C=O) groups excluding carboxylic acids is 1. The SMILES string of the molecule is C[C@@H]1c2ccc(F)cc2CCN1C(=O)c1n[nH]c(=O)[nH]1. The second kappa shape index (κ2) is 4.59. The van der Waals surface area contributed by atoms with Crippen molar-refractivity contribution in [3.8, 4) is 0 Å². The number of nitrogens with zero attached hydrogens (tertiary/aromatic N) is 2. The number of halogens is 1. The van der Waals surface area contributed by atoms with Crippen molar-refractivity contribution in [2.45, 2.75) is 19.4 Å². The van der Waals surface area contributed by atoms with E-state index in [2.05, 4.69) is 15.2 Å². The smallest absolute Gasteiger partial charge is 0.329 e. The van der Waals surface area contributed by atoms with E-state index in [0.29, 0.717) is 13.0 Å². The molecule has 20 heavy (non-hydrogen) atoms. The number of benzene rings is 1. The van der Waals surface area contributed by atoms with Gasteiger partial charge in [0.25, 0.3) is 5.91 Å². The Kier molecular flexibility index (Phi) is 2.89. The van der Waals surface area contributed by atoms with E-state index < -0.39 is 5.69 Å². The Morgan fingerprint density at radius 1 is 1.50 bits per heavy atom. The zero-order valence-electron chi connectivity index (χ0n) is 10.8. The Bertz CT molecular complexity index is 721. The van der Waals surface area contributed by atoms with Crippen molar-refractivity contribution in [3.63, 3.8) is 0 Å². The molecule has 0 fully saturated rings. The van der Waals surface area contributed by atoms with E-state index in [1.54, 1.807) is 11.0 Å². The molecular weight excluding hydrogens is 263 g/mol. The third-order valence-electron chi connectivity index (χ3n) is 3.61. The minimum atomic E-state index is -0.513. The lowest BCUT2D eigenvalue weighted by atomic mass is 9.93. The Morgan fingerprint density at radius 3 is 3.00 bits per heavy atom. The number of fused-ring (bicyclic) bond motifs is 1. The van der Waals surface area contributed by atoms with Gasteiger partial charge in [-0.25, -0.2) is 14.3 Å². The molecule has 2 heterocycles. The van der Waals surface area contributed by atoms with Gasteiger partial charge in [0.15, 0.2) is 0 Å². The van der Waals surface area contributed by atoms with Gasteiger partial charge < -0.3 is 4.90 Å². The third kappa shape index (κ3) is 2.01. The molecule has 1 aromatic heterocycles. The molecule has 0 radical (unpaired) electrons. The van der Waals surface area contributed by atoms with Crippen LogP contribution in [-0.4, -0.2) is 32.5 Å². The first kappa shape index (κ1) is 12.6. The van der Waals surface area contributed by atoms with Crippen LogP contribution < -0.4 is 5.69 Å². The van der Waals surface area contributed by atoms with Crippen LogP contribution in [0.4, 0.5) is 4.39 Å². The fourth-order valence-corrected chi connectivity index (χ4v) is 2.59. The van der Waals surface area contributed by atoms with Gasteiger partial charge in [0.2, 0.25) is 5.82 Å². The fraction of sp³-hybridized carbons (Fsp3) is 0.308. The maximum absolute atomic E-state index is 13.2. The van der Waals surface area contributed by atoms with Crippen molar-refractivity contribution < 1.29 is 9.18 Å². The summed E-state index contributed by atoms with van der Waals surface area (Å²) in [6, 6.07) is 4.40. The number of carbonyl (C=O) groups is 1. The fourth-order valence-electron chi connectivity index (χ4n) is 2.59. The highest BCUT2D eigenvalue weighted by molar-refractivity contribution is 5.90. The molecule has 1 aliphatic rings. The first-order valence-electron chi connectivity index (χ1n) is 6.30. The molecule has 7 heteroatoms. The molecule has 0 unspecified atom stereocenters. The van der Waals surface area contributed by atoms with Crippen LogP contribution in [0.5, 0.6) is 0 Å². The van der Waals surface area contributed by atoms with Crippen LogP contribution >= 0.6 is 0 Å². The number of hydrogen-bond donors (Lipinski definition) is 2. The van der Waals surface area contributed by atoms with Gasteiger partial charge in [-0.1, -0.05) is 6.07 Å². The zero-order valence-corrected chi connectivity index (χ0v) is 10.8. The van der Waals surface area contributed by atoms with E-state index in [1.807, 2.05) is 6.92 Å². The molecule has 0 saturated heterocycles. The monoisotopic (exact) mass is 276 g/mol. The summed E-state index contributed by atoms with van der Waals surface area (Å²) >= 11 is 0. The van der Waals surface area contributed by atoms with Crippen molar-refractivity contribution in [1.29, 1.82) is 0 Å². The van der Waals surface area contributed by atoms with Crippen LogP contribution in [0, 0.1) is 5.82 Å². The number of rotatable bonds is 1. The second-order valence-electron chi connectivity index (χ2n) is 4.79. The molecule has 0 spiro atoms. The first-order valence-corrected chi connectivity index (χ1v) is 6.30. The highest BCUT2D eigenvalue weighted by Gasteiger charge is 2.29. The molecule has 0 saturated carbocycles. The zero-order chi connectivity index (χ0) is 14.3. The summed E-state index contributed by atoms with van der Waals surface area (Å²) in [6.45, 7) is 2.34. The molecule has 1 aromatic carbocycles. The van der Waals surface area contributed by atoms with Crippen molar-refractivity contribution in [2.24, 2.45) is 0 Å². The van der Waals surface area contributed by atoms with E-state index in [1.165, 1.54) is 12.1 Å². The highest BCUT2D eigenvalue weighted by atomic mass is 19.1. The standard InChI is InChI=1S/C13H13FN4O2/c1-7-10-3-2-9(14)6-8(10)4-5-18(7)12(19)11-15-13(20)17-16-11/h2-3,6-7H,4-5H2,1H3,(H2,15,16,17,20)/t7-/m1/s1. The van der Waals surface area contributed by atoms with Gasteiger partial charge in [-0.3, -0.25) is 9.78 Å². The van der Waals surface area contributed by atoms with Crippen LogP contribution in [0.15, 0.2) is 23.0 Å². The van der Waals surface area contributed by atoms with E-state index >= 15 is 0 Å². The Balaban J connectivity index is 1.92. The lowest BCUT2D eigenvalue weighted by Gasteiger charge is -2.34. The van der Waals surface area contributed by atoms with Gasteiger partial charge in [0.05, 0.1) is 6.04 Å². The van der Waals surface area contributed by atoms with Gasteiger partial charge in [-0.2, -0.15) is 0 Å². The molecule has 104 valence electrons. The second-order valence-corrected chi connectivity index (χ2v) is 4.79. The highest BCUT2D eigenvalue weighted by Crippen LogP contribution is 2.30. The maximum atomic E-state index is 13.2. The predicted molar refractivity (Wildman–Crippen MR) is 68.8 cm³/mol. The van der Waals surface area contributed by atoms with E-state index in [0.717, 1.165) is 11.1 Å². The Labute approximate surface area is 113 Å². The number of H-pyrrole nitrogens is 2. The quantitative estimate of drug-likeness (QED) is 0.815. The first-order chi connectivity index (χ1) is 9.56. The van der Waals surface area contributed by atoms with E-state index in [-0.39, 0.29) is 23.6 Å². The van der Waals surface area contributed by atoms with Gasteiger partial charge in [-0.05, 0) is 36.6 Å². The number of nitrogens with one attached hydrogen (secondary N) is 2. The Morgan fingerprint density at radius 2 is 2.30 bits per heavy atom. The molecule has 1 atom stereocenters. The molecule has 1 aliphatic heterocycles. The summed E-state index contributed by atoms with van der Waals surface area (Å²) in [4.78, 5) is 27.3. The number of aromatic nitrogens is 3. The van der Waals surface area contributed by atoms with E-state index in [4.69, 9.17) is 0 Å². The lowest BCUT2D eigenvalue weighted by molar-refractivity contribution is 0.0665. The molecule has 0 bridgehead atoms. The lowest BCUT2D eigenvalue weighted by Crippen LogP contribution is -2.39. The minimum absolute atomic E-state index is 0.00703. The van der Waals surface area contributed by atoms with Crippen LogP contribution in [0.2, 0.25) is 0 Å². The van der Waals surface area contributed by atoms with Crippen molar-refractivity contribution in [1.82, 2.24) is 20.1 Å². The number of aromatic amines is 2. The summed E-state index contributed by atoms with van der Waals surface area (Å²) in [6.07, 6.45) is 0.581. The average molecular weight is 276 g/mol. The van der Waals surface area contributed by atoms with Crippen molar-refractivity contribution >= 4 is 5.91 Å². The number of hydrogen-bond acceptors (Lipinski definition) is 3. The van der Waals surface area contributed by atoms with Crippen LogP contribution in [0.1, 0.15) is 34.7 Å². The van der Waals surface area contributed by atoms with Gasteiger partial charge in [-0.15, -0.1) is 5.10 Å².